The Morgan fingerprint density at radius 1 is 1.36 bits per heavy atom. The summed E-state index contributed by atoms with van der Waals surface area (Å²) in [5.41, 5.74) is 0. The van der Waals surface area contributed by atoms with Crippen LogP contribution in [0.2, 0.25) is 0 Å². The Kier molecular flexibility index (Phi) is 3.30. The molecule has 0 aliphatic carbocycles. The number of hydrogen-bond acceptors (Lipinski definition) is 3. The van der Waals surface area contributed by atoms with Crippen LogP contribution in [-0.4, -0.2) is 47.0 Å². The molecule has 0 spiro atoms. The number of aliphatic hydroxyl groups is 2. The van der Waals surface area contributed by atoms with Gasteiger partial charge in [-0.15, -0.1) is 0 Å². The van der Waals surface area contributed by atoms with Crippen LogP contribution >= 0.6 is 0 Å². The molecule has 2 atom stereocenters. The van der Waals surface area contributed by atoms with Crippen molar-refractivity contribution in [2.45, 2.75) is 32.0 Å². The largest absolute Gasteiger partial charge is 0.390 e. The van der Waals surface area contributed by atoms with Gasteiger partial charge in [0, 0.05) is 6.54 Å². The summed E-state index contributed by atoms with van der Waals surface area (Å²) in [6.45, 7) is 4.66. The van der Waals surface area contributed by atoms with Gasteiger partial charge >= 0.3 is 0 Å². The Balaban J connectivity index is 2.41. The zero-order valence-corrected chi connectivity index (χ0v) is 7.03. The van der Waals surface area contributed by atoms with E-state index in [1.54, 1.807) is 0 Å². The molecular formula is C8H17NO2. The van der Waals surface area contributed by atoms with Crippen LogP contribution in [0.25, 0.3) is 0 Å². The summed E-state index contributed by atoms with van der Waals surface area (Å²) in [6, 6.07) is 0. The second-order valence-electron chi connectivity index (χ2n) is 3.17. The highest BCUT2D eigenvalue weighted by Crippen LogP contribution is 2.10. The van der Waals surface area contributed by atoms with E-state index in [0.29, 0.717) is 6.54 Å². The van der Waals surface area contributed by atoms with Gasteiger partial charge in [0.1, 0.15) is 0 Å². The van der Waals surface area contributed by atoms with Crippen molar-refractivity contribution < 1.29 is 10.2 Å². The molecule has 1 fully saturated rings. The van der Waals surface area contributed by atoms with E-state index >= 15 is 0 Å². The monoisotopic (exact) mass is 159 g/mol. The van der Waals surface area contributed by atoms with Crippen LogP contribution in [0, 0.1) is 0 Å². The standard InChI is InChI=1S/C8H17NO2/c1-2-9-5-3-4-7(10)8(11)6-9/h7-8,10-11H,2-6H2,1H3. The van der Waals surface area contributed by atoms with E-state index in [1.807, 2.05) is 0 Å². The average molecular weight is 159 g/mol. The quantitative estimate of drug-likeness (QED) is 0.558. The molecule has 0 amide bonds. The summed E-state index contributed by atoms with van der Waals surface area (Å²) >= 11 is 0. The predicted octanol–water partition coefficient (Wildman–Crippen LogP) is -0.176. The summed E-state index contributed by atoms with van der Waals surface area (Å²) in [6.07, 6.45) is 0.674. The summed E-state index contributed by atoms with van der Waals surface area (Å²) in [4.78, 5) is 2.17. The van der Waals surface area contributed by atoms with Gasteiger partial charge < -0.3 is 15.1 Å². The Bertz CT molecular complexity index is 119. The van der Waals surface area contributed by atoms with Crippen molar-refractivity contribution in [1.82, 2.24) is 4.90 Å². The van der Waals surface area contributed by atoms with Gasteiger partial charge in [0.2, 0.25) is 0 Å². The molecule has 1 saturated heterocycles. The third kappa shape index (κ3) is 2.43. The highest BCUT2D eigenvalue weighted by Gasteiger charge is 2.22. The molecule has 0 aromatic carbocycles. The van der Waals surface area contributed by atoms with E-state index in [1.165, 1.54) is 0 Å². The van der Waals surface area contributed by atoms with Gasteiger partial charge in [-0.1, -0.05) is 6.92 Å². The number of nitrogens with zero attached hydrogens (tertiary/aromatic N) is 1. The van der Waals surface area contributed by atoms with Crippen molar-refractivity contribution in [3.63, 3.8) is 0 Å². The van der Waals surface area contributed by atoms with Gasteiger partial charge in [-0.2, -0.15) is 0 Å². The maximum Gasteiger partial charge on any atom is 0.0925 e. The Labute approximate surface area is 67.6 Å². The third-order valence-electron chi connectivity index (χ3n) is 2.31. The fourth-order valence-electron chi connectivity index (χ4n) is 1.48. The van der Waals surface area contributed by atoms with E-state index in [4.69, 9.17) is 0 Å². The zero-order chi connectivity index (χ0) is 8.27. The molecule has 0 aromatic heterocycles. The first-order valence-electron chi connectivity index (χ1n) is 4.32. The fourth-order valence-corrected chi connectivity index (χ4v) is 1.48. The first-order chi connectivity index (χ1) is 5.24. The van der Waals surface area contributed by atoms with Crippen molar-refractivity contribution >= 4 is 0 Å². The third-order valence-corrected chi connectivity index (χ3v) is 2.31. The molecule has 1 aliphatic heterocycles. The van der Waals surface area contributed by atoms with Crippen LogP contribution < -0.4 is 0 Å². The van der Waals surface area contributed by atoms with Gasteiger partial charge in [0.15, 0.2) is 0 Å². The Hall–Kier alpha value is -0.120. The number of likely N-dealkylation sites (tertiary alicyclic amines) is 1. The van der Waals surface area contributed by atoms with Crippen molar-refractivity contribution in [1.29, 1.82) is 0 Å². The van der Waals surface area contributed by atoms with Gasteiger partial charge in [-0.25, -0.2) is 0 Å². The topological polar surface area (TPSA) is 43.7 Å². The van der Waals surface area contributed by atoms with E-state index < -0.39 is 12.2 Å². The van der Waals surface area contributed by atoms with E-state index in [9.17, 15) is 10.2 Å². The molecule has 1 aliphatic rings. The molecule has 2 N–H and O–H groups in total. The molecule has 2 unspecified atom stereocenters. The number of β-amino-alcohol motifs (C(OH)–C–C–N with tert-alkyl or cyclic N) is 1. The zero-order valence-electron chi connectivity index (χ0n) is 7.03. The minimum atomic E-state index is -0.544. The highest BCUT2D eigenvalue weighted by molar-refractivity contribution is 4.75. The first-order valence-corrected chi connectivity index (χ1v) is 4.32. The molecule has 0 aromatic rings. The van der Waals surface area contributed by atoms with Crippen molar-refractivity contribution in [2.75, 3.05) is 19.6 Å². The lowest BCUT2D eigenvalue weighted by Gasteiger charge is -2.20. The van der Waals surface area contributed by atoms with Crippen LogP contribution in [0.5, 0.6) is 0 Å². The van der Waals surface area contributed by atoms with E-state index in [-0.39, 0.29) is 0 Å². The summed E-state index contributed by atoms with van der Waals surface area (Å²) < 4.78 is 0. The molecule has 0 saturated carbocycles. The maximum absolute atomic E-state index is 9.37. The van der Waals surface area contributed by atoms with Gasteiger partial charge in [0.25, 0.3) is 0 Å². The maximum atomic E-state index is 9.37. The molecule has 11 heavy (non-hydrogen) atoms. The number of aliphatic hydroxyl groups excluding tert-OH is 2. The van der Waals surface area contributed by atoms with E-state index in [0.717, 1.165) is 25.9 Å². The second kappa shape index (κ2) is 4.04. The SMILES string of the molecule is CCN1CCCC(O)C(O)C1. The van der Waals surface area contributed by atoms with Crippen LogP contribution in [0.4, 0.5) is 0 Å². The van der Waals surface area contributed by atoms with Crippen molar-refractivity contribution in [3.8, 4) is 0 Å². The second-order valence-corrected chi connectivity index (χ2v) is 3.17. The van der Waals surface area contributed by atoms with E-state index in [2.05, 4.69) is 11.8 Å². The fraction of sp³-hybridized carbons (Fsp3) is 1.00. The lowest BCUT2D eigenvalue weighted by atomic mass is 10.1. The van der Waals surface area contributed by atoms with Gasteiger partial charge in [-0.05, 0) is 25.9 Å². The summed E-state index contributed by atoms with van der Waals surface area (Å²) in [7, 11) is 0. The smallest absolute Gasteiger partial charge is 0.0925 e. The highest BCUT2D eigenvalue weighted by atomic mass is 16.3. The molecule has 3 heteroatoms. The number of likely N-dealkylation sites (N-methyl/N-ethyl adjacent to an activating group) is 1. The molecule has 0 radical (unpaired) electrons. The lowest BCUT2D eigenvalue weighted by Crippen LogP contribution is -2.35. The van der Waals surface area contributed by atoms with Crippen LogP contribution in [0.15, 0.2) is 0 Å². The van der Waals surface area contributed by atoms with Crippen molar-refractivity contribution in [3.05, 3.63) is 0 Å². The van der Waals surface area contributed by atoms with Gasteiger partial charge in [-0.3, -0.25) is 0 Å². The minimum Gasteiger partial charge on any atom is -0.390 e. The molecule has 1 rings (SSSR count). The van der Waals surface area contributed by atoms with Crippen LogP contribution in [0.1, 0.15) is 19.8 Å². The summed E-state index contributed by atoms with van der Waals surface area (Å²) in [5, 5.41) is 18.7. The molecule has 3 nitrogen and oxygen atoms in total. The lowest BCUT2D eigenvalue weighted by molar-refractivity contribution is 0.00938. The predicted molar refractivity (Wildman–Crippen MR) is 43.4 cm³/mol. The molecule has 0 bridgehead atoms. The normalized spacial score (nSPS) is 35.2. The minimum absolute atomic E-state index is 0.508. The number of hydrogen-bond donors (Lipinski definition) is 2. The first kappa shape index (κ1) is 8.97. The number of rotatable bonds is 1. The Morgan fingerprint density at radius 2 is 2.09 bits per heavy atom. The Morgan fingerprint density at radius 3 is 2.73 bits per heavy atom. The average Bonchev–Trinajstić information content (AvgIpc) is 2.15. The summed E-state index contributed by atoms with van der Waals surface area (Å²) in [5.74, 6) is 0. The van der Waals surface area contributed by atoms with Crippen LogP contribution in [-0.2, 0) is 0 Å². The van der Waals surface area contributed by atoms with Gasteiger partial charge in [0.05, 0.1) is 12.2 Å². The molecule has 66 valence electrons. The van der Waals surface area contributed by atoms with Crippen molar-refractivity contribution in [2.24, 2.45) is 0 Å². The molecule has 1 heterocycles. The molecular weight excluding hydrogens is 142 g/mol. The van der Waals surface area contributed by atoms with Crippen LogP contribution in [0.3, 0.4) is 0 Å².